The van der Waals surface area contributed by atoms with Crippen LogP contribution >= 0.6 is 15.9 Å². The monoisotopic (exact) mass is 368 g/mol. The Morgan fingerprint density at radius 3 is 2.96 bits per heavy atom. The number of nitrogens with one attached hydrogen (secondary N) is 1. The number of halogens is 1. The smallest absolute Gasteiger partial charge is 0.225 e. The molecular weight excluding hydrogens is 356 g/mol. The van der Waals surface area contributed by atoms with Crippen LogP contribution in [0, 0.1) is 0 Å². The van der Waals surface area contributed by atoms with E-state index in [1.807, 2.05) is 36.4 Å². The van der Waals surface area contributed by atoms with E-state index in [0.29, 0.717) is 18.7 Å². The van der Waals surface area contributed by atoms with Crippen LogP contribution in [0.5, 0.6) is 0 Å². The standard InChI is InChI=1S/C17H13BrN4O/c18-10-4-5-12-11(9-10)16(13-3-1-2-8-19-13)20-14-6-7-15(23)22-17(14)21-12/h1-5,8-9,14H,6-7H2,(H,21,22,23)/t14-/m0/s1. The summed E-state index contributed by atoms with van der Waals surface area (Å²) in [5.74, 6) is 0.617. The van der Waals surface area contributed by atoms with Crippen LogP contribution < -0.4 is 5.32 Å². The molecule has 2 aliphatic heterocycles. The summed E-state index contributed by atoms with van der Waals surface area (Å²) in [4.78, 5) is 25.7. The molecule has 6 heteroatoms. The van der Waals surface area contributed by atoms with Crippen molar-refractivity contribution in [3.63, 3.8) is 0 Å². The maximum absolute atomic E-state index is 11.7. The van der Waals surface area contributed by atoms with Gasteiger partial charge in [0.2, 0.25) is 5.91 Å². The van der Waals surface area contributed by atoms with Crippen molar-refractivity contribution in [2.24, 2.45) is 9.98 Å². The molecule has 1 atom stereocenters. The Morgan fingerprint density at radius 1 is 1.22 bits per heavy atom. The van der Waals surface area contributed by atoms with Crippen molar-refractivity contribution in [2.75, 3.05) is 0 Å². The first-order chi connectivity index (χ1) is 11.2. The molecule has 1 N–H and O–H groups in total. The number of hydrogen-bond donors (Lipinski definition) is 1. The van der Waals surface area contributed by atoms with Gasteiger partial charge >= 0.3 is 0 Å². The number of nitrogens with zero attached hydrogens (tertiary/aromatic N) is 3. The highest BCUT2D eigenvalue weighted by atomic mass is 79.9. The van der Waals surface area contributed by atoms with E-state index in [-0.39, 0.29) is 11.9 Å². The van der Waals surface area contributed by atoms with E-state index in [4.69, 9.17) is 4.99 Å². The second-order valence-electron chi connectivity index (χ2n) is 5.45. The number of amidine groups is 1. The minimum absolute atomic E-state index is 0.00449. The van der Waals surface area contributed by atoms with E-state index >= 15 is 0 Å². The Kier molecular flexibility index (Phi) is 3.53. The number of rotatable bonds is 1. The number of carbonyl (C=O) groups excluding carboxylic acids is 1. The Balaban J connectivity index is 1.93. The van der Waals surface area contributed by atoms with E-state index < -0.39 is 0 Å². The summed E-state index contributed by atoms with van der Waals surface area (Å²) in [7, 11) is 0. The van der Waals surface area contributed by atoms with Gasteiger partial charge in [0, 0.05) is 22.7 Å². The van der Waals surface area contributed by atoms with E-state index in [2.05, 4.69) is 31.2 Å². The van der Waals surface area contributed by atoms with Crippen LogP contribution in [0.4, 0.5) is 5.69 Å². The molecule has 3 heterocycles. The largest absolute Gasteiger partial charge is 0.312 e. The SMILES string of the molecule is O=C1CC[C@@H]2N=C(c3ccccn3)c3cc(Br)ccc3N=C2N1. The van der Waals surface area contributed by atoms with Gasteiger partial charge in [0.25, 0.3) is 0 Å². The minimum atomic E-state index is -0.143. The molecular formula is C17H13BrN4O. The summed E-state index contributed by atoms with van der Waals surface area (Å²) in [6.45, 7) is 0. The third kappa shape index (κ3) is 2.70. The molecule has 0 spiro atoms. The van der Waals surface area contributed by atoms with Crippen molar-refractivity contribution in [1.82, 2.24) is 10.3 Å². The predicted octanol–water partition coefficient (Wildman–Crippen LogP) is 3.00. The minimum Gasteiger partial charge on any atom is -0.312 e. The van der Waals surface area contributed by atoms with Crippen molar-refractivity contribution in [1.29, 1.82) is 0 Å². The molecule has 1 amide bonds. The fraction of sp³-hybridized carbons (Fsp3) is 0.176. The summed E-state index contributed by atoms with van der Waals surface area (Å²) in [5.41, 5.74) is 3.31. The van der Waals surface area contributed by atoms with E-state index in [1.54, 1.807) is 6.20 Å². The number of aliphatic imine (C=N–C) groups is 2. The predicted molar refractivity (Wildman–Crippen MR) is 92.3 cm³/mol. The Hall–Kier alpha value is -2.34. The molecule has 23 heavy (non-hydrogen) atoms. The van der Waals surface area contributed by atoms with E-state index in [0.717, 1.165) is 27.1 Å². The highest BCUT2D eigenvalue weighted by Gasteiger charge is 2.28. The first-order valence-electron chi connectivity index (χ1n) is 7.38. The summed E-state index contributed by atoms with van der Waals surface area (Å²) in [6.07, 6.45) is 2.88. The van der Waals surface area contributed by atoms with Crippen LogP contribution in [0.15, 0.2) is 57.1 Å². The summed E-state index contributed by atoms with van der Waals surface area (Å²) >= 11 is 3.51. The highest BCUT2D eigenvalue weighted by Crippen LogP contribution is 2.30. The number of aromatic nitrogens is 1. The zero-order chi connectivity index (χ0) is 15.8. The summed E-state index contributed by atoms with van der Waals surface area (Å²) in [5, 5.41) is 2.86. The number of benzene rings is 1. The molecule has 1 saturated heterocycles. The topological polar surface area (TPSA) is 66.7 Å². The normalized spacial score (nSPS) is 19.7. The number of piperidine rings is 1. The first kappa shape index (κ1) is 14.3. The molecule has 0 radical (unpaired) electrons. The van der Waals surface area contributed by atoms with Crippen molar-refractivity contribution in [3.8, 4) is 0 Å². The lowest BCUT2D eigenvalue weighted by molar-refractivity contribution is -0.120. The molecule has 1 aromatic heterocycles. The van der Waals surface area contributed by atoms with Crippen molar-refractivity contribution < 1.29 is 4.79 Å². The Bertz CT molecular complexity index is 845. The van der Waals surface area contributed by atoms with Gasteiger partial charge in [0.15, 0.2) is 0 Å². The van der Waals surface area contributed by atoms with E-state index in [1.165, 1.54) is 0 Å². The molecule has 2 aliphatic rings. The lowest BCUT2D eigenvalue weighted by atomic mass is 10.0. The zero-order valence-corrected chi connectivity index (χ0v) is 13.7. The number of fused-ring (bicyclic) bond motifs is 2. The number of pyridine rings is 1. The zero-order valence-electron chi connectivity index (χ0n) is 12.2. The van der Waals surface area contributed by atoms with Gasteiger partial charge in [-0.2, -0.15) is 0 Å². The average Bonchev–Trinajstić information content (AvgIpc) is 2.72. The quantitative estimate of drug-likeness (QED) is 0.840. The molecule has 0 bridgehead atoms. The van der Waals surface area contributed by atoms with Crippen molar-refractivity contribution in [3.05, 3.63) is 58.3 Å². The summed E-state index contributed by atoms with van der Waals surface area (Å²) < 4.78 is 0.953. The van der Waals surface area contributed by atoms with Crippen LogP contribution in [0.3, 0.4) is 0 Å². The number of carbonyl (C=O) groups is 1. The van der Waals surface area contributed by atoms with Gasteiger partial charge in [-0.1, -0.05) is 22.0 Å². The van der Waals surface area contributed by atoms with Gasteiger partial charge in [-0.05, 0) is 36.8 Å². The van der Waals surface area contributed by atoms with Gasteiger partial charge in [0.05, 0.1) is 17.1 Å². The molecule has 5 nitrogen and oxygen atoms in total. The average molecular weight is 369 g/mol. The van der Waals surface area contributed by atoms with Crippen molar-refractivity contribution >= 4 is 39.1 Å². The second-order valence-corrected chi connectivity index (χ2v) is 6.37. The highest BCUT2D eigenvalue weighted by molar-refractivity contribution is 9.10. The van der Waals surface area contributed by atoms with Gasteiger partial charge in [0.1, 0.15) is 11.9 Å². The number of hydrogen-bond acceptors (Lipinski definition) is 4. The van der Waals surface area contributed by atoms with Gasteiger partial charge in [-0.25, -0.2) is 4.99 Å². The molecule has 0 unspecified atom stereocenters. The van der Waals surface area contributed by atoms with Crippen LogP contribution in [0.1, 0.15) is 24.1 Å². The van der Waals surface area contributed by atoms with Gasteiger partial charge in [-0.3, -0.25) is 14.8 Å². The third-order valence-corrected chi connectivity index (χ3v) is 4.37. The fourth-order valence-electron chi connectivity index (χ4n) is 2.78. The second kappa shape index (κ2) is 5.70. The lowest BCUT2D eigenvalue weighted by Gasteiger charge is -2.20. The Labute approximate surface area is 141 Å². The number of amides is 1. The molecule has 0 saturated carbocycles. The van der Waals surface area contributed by atoms with Crippen molar-refractivity contribution in [2.45, 2.75) is 18.9 Å². The van der Waals surface area contributed by atoms with Crippen LogP contribution in [0.2, 0.25) is 0 Å². The van der Waals surface area contributed by atoms with Crippen LogP contribution in [0.25, 0.3) is 0 Å². The molecule has 1 aromatic carbocycles. The fourth-order valence-corrected chi connectivity index (χ4v) is 3.14. The molecule has 1 fully saturated rings. The van der Waals surface area contributed by atoms with Crippen LogP contribution in [-0.2, 0) is 4.79 Å². The maximum atomic E-state index is 11.7. The summed E-state index contributed by atoms with van der Waals surface area (Å²) in [6, 6.07) is 11.5. The van der Waals surface area contributed by atoms with Gasteiger partial charge < -0.3 is 5.32 Å². The molecule has 114 valence electrons. The van der Waals surface area contributed by atoms with Crippen LogP contribution in [-0.4, -0.2) is 28.5 Å². The molecule has 4 rings (SSSR count). The maximum Gasteiger partial charge on any atom is 0.225 e. The first-order valence-corrected chi connectivity index (χ1v) is 8.17. The third-order valence-electron chi connectivity index (χ3n) is 3.88. The van der Waals surface area contributed by atoms with Gasteiger partial charge in [-0.15, -0.1) is 0 Å². The molecule has 2 aromatic rings. The molecule has 0 aliphatic carbocycles. The Morgan fingerprint density at radius 2 is 2.13 bits per heavy atom. The van der Waals surface area contributed by atoms with E-state index in [9.17, 15) is 4.79 Å². The lowest BCUT2D eigenvalue weighted by Crippen LogP contribution is -2.43.